The number of hydrogen-bond acceptors (Lipinski definition) is 2. The Labute approximate surface area is 96.0 Å². The molecule has 16 heavy (non-hydrogen) atoms. The molecule has 1 amide bonds. The van der Waals surface area contributed by atoms with Crippen LogP contribution in [-0.2, 0) is 4.79 Å². The summed E-state index contributed by atoms with van der Waals surface area (Å²) in [4.78, 5) is 11.5. The second-order valence-corrected chi connectivity index (χ2v) is 4.24. The fraction of sp³-hybridized carbons (Fsp3) is 0.667. The Bertz CT molecular complexity index is 298. The number of alkyl halides is 3. The molecule has 0 aromatic rings. The molecule has 1 atom stereocenters. The van der Waals surface area contributed by atoms with E-state index in [1.54, 1.807) is 0 Å². The number of nitrogens with one attached hydrogen (secondary N) is 2. The average molecular weight is 257 g/mol. The lowest BCUT2D eigenvalue weighted by atomic mass is 9.85. The first-order chi connectivity index (χ1) is 7.29. The highest BCUT2D eigenvalue weighted by atomic mass is 35.5. The lowest BCUT2D eigenvalue weighted by molar-refractivity contribution is -0.215. The maximum absolute atomic E-state index is 12.8. The zero-order valence-electron chi connectivity index (χ0n) is 8.46. The Balaban J connectivity index is 2.78. The molecule has 0 aromatic carbocycles. The predicted octanol–water partition coefficient (Wildman–Crippen LogP) is 1.40. The molecule has 7 heteroatoms. The second kappa shape index (κ2) is 4.63. The van der Waals surface area contributed by atoms with E-state index in [1.807, 2.05) is 0 Å². The van der Waals surface area contributed by atoms with Crippen LogP contribution in [0.4, 0.5) is 13.2 Å². The molecule has 1 unspecified atom stereocenters. The molecule has 0 aromatic heterocycles. The van der Waals surface area contributed by atoms with E-state index in [-0.39, 0.29) is 24.5 Å². The Morgan fingerprint density at radius 2 is 2.19 bits per heavy atom. The van der Waals surface area contributed by atoms with E-state index in [0.29, 0.717) is 0 Å². The molecule has 1 heterocycles. The molecule has 0 aliphatic carbocycles. The van der Waals surface area contributed by atoms with Crippen molar-refractivity contribution in [3.63, 3.8) is 0 Å². The van der Waals surface area contributed by atoms with E-state index >= 15 is 0 Å². The second-order valence-electron chi connectivity index (χ2n) is 3.71. The first kappa shape index (κ1) is 13.3. The molecular weight excluding hydrogens is 245 g/mol. The van der Waals surface area contributed by atoms with Gasteiger partial charge in [0.05, 0.1) is 6.54 Å². The van der Waals surface area contributed by atoms with Crippen LogP contribution in [0.3, 0.4) is 0 Å². The highest BCUT2D eigenvalue weighted by molar-refractivity contribution is 6.29. The molecular formula is C9H12ClF3N2O. The van der Waals surface area contributed by atoms with Gasteiger partial charge in [0.1, 0.15) is 0 Å². The Kier molecular flexibility index (Phi) is 3.85. The van der Waals surface area contributed by atoms with Gasteiger partial charge in [0.25, 0.3) is 0 Å². The summed E-state index contributed by atoms with van der Waals surface area (Å²) in [5.74, 6) is -1.05. The molecule has 0 radical (unpaired) electrons. The van der Waals surface area contributed by atoms with Crippen molar-refractivity contribution in [2.75, 3.05) is 19.6 Å². The zero-order chi connectivity index (χ0) is 12.4. The van der Waals surface area contributed by atoms with Crippen LogP contribution in [-0.4, -0.2) is 31.7 Å². The van der Waals surface area contributed by atoms with E-state index in [1.165, 1.54) is 0 Å². The van der Waals surface area contributed by atoms with Gasteiger partial charge in [0.2, 0.25) is 5.91 Å². The highest BCUT2D eigenvalue weighted by Crippen LogP contribution is 2.43. The molecule has 92 valence electrons. The minimum Gasteiger partial charge on any atom is -0.350 e. The summed E-state index contributed by atoms with van der Waals surface area (Å²) in [5, 5.41) is 4.79. The fourth-order valence-electron chi connectivity index (χ4n) is 1.60. The maximum atomic E-state index is 12.8. The van der Waals surface area contributed by atoms with Crippen LogP contribution in [0, 0.1) is 5.41 Å². The molecule has 1 saturated heterocycles. The third-order valence-electron chi connectivity index (χ3n) is 2.57. The molecule has 1 fully saturated rings. The van der Waals surface area contributed by atoms with Crippen molar-refractivity contribution in [2.24, 2.45) is 5.41 Å². The topological polar surface area (TPSA) is 41.1 Å². The Morgan fingerprint density at radius 3 is 2.56 bits per heavy atom. The van der Waals surface area contributed by atoms with Crippen LogP contribution in [0.5, 0.6) is 0 Å². The van der Waals surface area contributed by atoms with Crippen molar-refractivity contribution in [1.29, 1.82) is 0 Å². The van der Waals surface area contributed by atoms with E-state index in [2.05, 4.69) is 17.2 Å². The van der Waals surface area contributed by atoms with Gasteiger partial charge in [-0.25, -0.2) is 0 Å². The standard InChI is InChI=1S/C9H12ClF3N2O/c1-6(10)4-15-7(16)8(9(11,12)13)2-3-14-5-8/h14H,1-5H2,(H,15,16). The van der Waals surface area contributed by atoms with Crippen LogP contribution >= 0.6 is 11.6 Å². The summed E-state index contributed by atoms with van der Waals surface area (Å²) in [6, 6.07) is 0. The van der Waals surface area contributed by atoms with Crippen LogP contribution in [0.25, 0.3) is 0 Å². The van der Waals surface area contributed by atoms with Gasteiger partial charge in [-0.1, -0.05) is 18.2 Å². The van der Waals surface area contributed by atoms with Gasteiger partial charge in [0, 0.05) is 11.6 Å². The van der Waals surface area contributed by atoms with E-state index in [0.717, 1.165) is 0 Å². The van der Waals surface area contributed by atoms with Crippen molar-refractivity contribution in [1.82, 2.24) is 10.6 Å². The highest BCUT2D eigenvalue weighted by Gasteiger charge is 2.61. The Hall–Kier alpha value is -0.750. The maximum Gasteiger partial charge on any atom is 0.404 e. The summed E-state index contributed by atoms with van der Waals surface area (Å²) in [6.45, 7) is 2.92. The van der Waals surface area contributed by atoms with Crippen LogP contribution < -0.4 is 10.6 Å². The molecule has 0 spiro atoms. The van der Waals surface area contributed by atoms with E-state index < -0.39 is 24.0 Å². The number of rotatable bonds is 3. The lowest BCUT2D eigenvalue weighted by Gasteiger charge is -2.29. The monoisotopic (exact) mass is 256 g/mol. The molecule has 0 bridgehead atoms. The minimum absolute atomic E-state index is 0.0941. The molecule has 1 aliphatic heterocycles. The van der Waals surface area contributed by atoms with Crippen molar-refractivity contribution < 1.29 is 18.0 Å². The summed E-state index contributed by atoms with van der Waals surface area (Å²) in [5.41, 5.74) is -2.33. The normalized spacial score (nSPS) is 25.5. The minimum atomic E-state index is -4.56. The van der Waals surface area contributed by atoms with Crippen LogP contribution in [0.2, 0.25) is 0 Å². The van der Waals surface area contributed by atoms with Crippen LogP contribution in [0.15, 0.2) is 11.6 Å². The first-order valence-electron chi connectivity index (χ1n) is 4.68. The number of carbonyl (C=O) groups excluding carboxylic acids is 1. The zero-order valence-corrected chi connectivity index (χ0v) is 9.21. The summed E-state index contributed by atoms with van der Waals surface area (Å²) < 4.78 is 38.5. The third-order valence-corrected chi connectivity index (χ3v) is 2.71. The van der Waals surface area contributed by atoms with Gasteiger partial charge in [-0.15, -0.1) is 0 Å². The quantitative estimate of drug-likeness (QED) is 0.801. The number of hydrogen-bond donors (Lipinski definition) is 2. The smallest absolute Gasteiger partial charge is 0.350 e. The SMILES string of the molecule is C=C(Cl)CNC(=O)C1(C(F)(F)F)CCNC1. The number of halogens is 4. The number of amides is 1. The van der Waals surface area contributed by atoms with E-state index in [4.69, 9.17) is 11.6 Å². The summed E-state index contributed by atoms with van der Waals surface area (Å²) in [6.07, 6.45) is -4.81. The van der Waals surface area contributed by atoms with Crippen LogP contribution in [0.1, 0.15) is 6.42 Å². The van der Waals surface area contributed by atoms with Gasteiger partial charge < -0.3 is 10.6 Å². The van der Waals surface area contributed by atoms with Gasteiger partial charge in [0.15, 0.2) is 5.41 Å². The van der Waals surface area contributed by atoms with E-state index in [9.17, 15) is 18.0 Å². The van der Waals surface area contributed by atoms with Crippen molar-refractivity contribution in [2.45, 2.75) is 12.6 Å². The largest absolute Gasteiger partial charge is 0.404 e. The van der Waals surface area contributed by atoms with Crippen molar-refractivity contribution >= 4 is 17.5 Å². The lowest BCUT2D eigenvalue weighted by Crippen LogP contribution is -2.52. The third kappa shape index (κ3) is 2.49. The molecule has 1 aliphatic rings. The van der Waals surface area contributed by atoms with Crippen molar-refractivity contribution in [3.05, 3.63) is 11.6 Å². The molecule has 3 nitrogen and oxygen atoms in total. The van der Waals surface area contributed by atoms with Crippen molar-refractivity contribution in [3.8, 4) is 0 Å². The number of carbonyl (C=O) groups is 1. The summed E-state index contributed by atoms with van der Waals surface area (Å²) in [7, 11) is 0. The average Bonchev–Trinajstić information content (AvgIpc) is 2.62. The Morgan fingerprint density at radius 1 is 1.56 bits per heavy atom. The fourth-order valence-corrected chi connectivity index (χ4v) is 1.67. The molecule has 2 N–H and O–H groups in total. The van der Waals surface area contributed by atoms with Gasteiger partial charge >= 0.3 is 6.18 Å². The predicted molar refractivity (Wildman–Crippen MR) is 54.0 cm³/mol. The van der Waals surface area contributed by atoms with Gasteiger partial charge in [-0.3, -0.25) is 4.79 Å². The molecule has 0 saturated carbocycles. The first-order valence-corrected chi connectivity index (χ1v) is 5.06. The van der Waals surface area contributed by atoms with Gasteiger partial charge in [-0.05, 0) is 13.0 Å². The van der Waals surface area contributed by atoms with Gasteiger partial charge in [-0.2, -0.15) is 13.2 Å². The molecule has 1 rings (SSSR count). The summed E-state index contributed by atoms with van der Waals surface area (Å²) >= 11 is 5.38.